The molecule has 5 aliphatic rings. The zero-order valence-corrected chi connectivity index (χ0v) is 33.8. The molecule has 0 aromatic heterocycles. The average molecular weight is 773 g/mol. The number of esters is 1. The lowest BCUT2D eigenvalue weighted by Gasteiger charge is -2.62. The Hall–Kier alpha value is -4.01. The van der Waals surface area contributed by atoms with Crippen LogP contribution in [0.2, 0.25) is 0 Å². The zero-order chi connectivity index (χ0) is 40.4. The summed E-state index contributed by atoms with van der Waals surface area (Å²) in [5.41, 5.74) is 1.95. The number of aliphatic hydroxyl groups excluding tert-OH is 2. The van der Waals surface area contributed by atoms with E-state index in [0.29, 0.717) is 75.7 Å². The predicted molar refractivity (Wildman–Crippen MR) is 217 cm³/mol. The number of amides is 1. The Morgan fingerprint density at radius 3 is 2.50 bits per heavy atom. The number of nitrogens with zero attached hydrogens (tertiary/aromatic N) is 4. The van der Waals surface area contributed by atoms with Crippen LogP contribution >= 0.6 is 0 Å². The number of aliphatic hydroxyl groups is 2. The van der Waals surface area contributed by atoms with E-state index in [1.165, 1.54) is 0 Å². The molecule has 1 aromatic rings. The number of benzene rings is 1. The van der Waals surface area contributed by atoms with Gasteiger partial charge in [0, 0.05) is 56.6 Å². The highest BCUT2D eigenvalue weighted by molar-refractivity contribution is 6.07. The summed E-state index contributed by atoms with van der Waals surface area (Å²) in [4.78, 5) is 53.4. The number of rotatable bonds is 14. The topological polar surface area (TPSA) is 165 Å². The summed E-state index contributed by atoms with van der Waals surface area (Å²) in [6.07, 6.45) is 6.74. The van der Waals surface area contributed by atoms with Crippen LogP contribution in [0.5, 0.6) is 0 Å². The molecule has 1 saturated heterocycles. The number of aliphatic imine (C=N–C) groups is 2. The van der Waals surface area contributed by atoms with Gasteiger partial charge in [-0.05, 0) is 86.6 Å². The van der Waals surface area contributed by atoms with Crippen molar-refractivity contribution >= 4 is 41.5 Å². The molecule has 13 nitrogen and oxygen atoms in total. The van der Waals surface area contributed by atoms with Crippen molar-refractivity contribution < 1.29 is 34.1 Å². The number of allylic oxidation sites excluding steroid dienone is 1. The van der Waals surface area contributed by atoms with Crippen LogP contribution in [0.1, 0.15) is 65.4 Å². The second kappa shape index (κ2) is 17.2. The van der Waals surface area contributed by atoms with Crippen molar-refractivity contribution in [3.8, 4) is 0 Å². The summed E-state index contributed by atoms with van der Waals surface area (Å²) >= 11 is 0. The highest BCUT2D eigenvalue weighted by Crippen LogP contribution is 2.62. The predicted octanol–water partition coefficient (Wildman–Crippen LogP) is 3.31. The van der Waals surface area contributed by atoms with Gasteiger partial charge in [-0.1, -0.05) is 38.1 Å². The summed E-state index contributed by atoms with van der Waals surface area (Å²) in [5.74, 6) is -0.135. The van der Waals surface area contributed by atoms with Crippen LogP contribution in [0.15, 0.2) is 63.8 Å². The first-order valence-electron chi connectivity index (χ1n) is 20.0. The molecular formula is C43H60N6O7. The van der Waals surface area contributed by atoms with Gasteiger partial charge in [-0.25, -0.2) is 9.79 Å². The van der Waals surface area contributed by atoms with Gasteiger partial charge in [0.15, 0.2) is 5.78 Å². The molecule has 6 unspecified atom stereocenters. The van der Waals surface area contributed by atoms with Gasteiger partial charge in [0.1, 0.15) is 11.6 Å². The number of anilines is 1. The molecule has 9 atom stereocenters. The maximum absolute atomic E-state index is 13.8. The third-order valence-corrected chi connectivity index (χ3v) is 13.1. The molecule has 56 heavy (non-hydrogen) atoms. The third kappa shape index (κ3) is 8.62. The number of morpholine rings is 1. The van der Waals surface area contributed by atoms with Crippen LogP contribution in [-0.4, -0.2) is 129 Å². The van der Waals surface area contributed by atoms with Crippen molar-refractivity contribution in [3.63, 3.8) is 0 Å². The SMILES string of the molecule is C=C1C(NC(C)C(=O)N2CCOCC2)CC2[C@](C)(CC[C@@H](O)[C@@]2(C)CO)C1CC(NC(C)C(=O)CC1=NCC=N1)C1=C/C(=C\c2ccc(N(C)C)cc2)OC1=O. The maximum atomic E-state index is 13.8. The molecule has 0 bridgehead atoms. The fourth-order valence-electron chi connectivity index (χ4n) is 9.60. The number of hydrogen-bond donors (Lipinski definition) is 4. The standard InChI is InChI=1S/C43H60N6O7/c1-26-33(42(4)13-12-38(52)43(5,25-50)37(42)23-34(26)47-28(3)40(53)49-16-18-55-19-17-49)22-35(46-27(2)36(51)24-39-44-14-15-45-39)32-21-31(56-41(32)54)20-29-8-10-30(11-9-29)48(6)7/h8-11,14,20-21,27-28,33-35,37-38,46-47,50,52H,1,12-13,15-19,22-25H2,2-7H3/b31-20+/t27?,28?,33?,34?,35?,37?,38-,42-,43+/m1/s1. The number of carbonyl (C=O) groups is 3. The molecule has 6 rings (SSSR count). The molecule has 4 N–H and O–H groups in total. The number of ether oxygens (including phenoxy) is 2. The monoisotopic (exact) mass is 772 g/mol. The molecule has 0 radical (unpaired) electrons. The lowest BCUT2D eigenvalue weighted by Crippen LogP contribution is -2.63. The number of Topliss-reactive ketones (excluding diaryl/α,β-unsaturated/α-hetero) is 1. The summed E-state index contributed by atoms with van der Waals surface area (Å²) in [6, 6.07) is 5.80. The van der Waals surface area contributed by atoms with Gasteiger partial charge in [-0.3, -0.25) is 19.9 Å². The van der Waals surface area contributed by atoms with E-state index in [4.69, 9.17) is 16.1 Å². The Labute approximate surface area is 331 Å². The first kappa shape index (κ1) is 41.6. The third-order valence-electron chi connectivity index (χ3n) is 13.1. The van der Waals surface area contributed by atoms with E-state index in [1.54, 1.807) is 19.2 Å². The molecule has 3 heterocycles. The van der Waals surface area contributed by atoms with Crippen LogP contribution in [0, 0.1) is 22.7 Å². The number of nitrogens with one attached hydrogen (secondary N) is 2. The largest absolute Gasteiger partial charge is 0.423 e. The molecule has 3 aliphatic heterocycles. The number of cyclic esters (lactones) is 1. The first-order valence-corrected chi connectivity index (χ1v) is 20.0. The van der Waals surface area contributed by atoms with E-state index in [0.717, 1.165) is 16.8 Å². The van der Waals surface area contributed by atoms with Crippen molar-refractivity contribution in [2.75, 3.05) is 58.5 Å². The normalized spacial score (nSPS) is 31.4. The molecule has 0 spiro atoms. The van der Waals surface area contributed by atoms with Crippen molar-refractivity contribution in [1.82, 2.24) is 15.5 Å². The van der Waals surface area contributed by atoms with Gasteiger partial charge in [-0.15, -0.1) is 0 Å². The average Bonchev–Trinajstić information content (AvgIpc) is 3.84. The number of ketones is 1. The minimum atomic E-state index is -0.818. The van der Waals surface area contributed by atoms with E-state index in [2.05, 4.69) is 27.5 Å². The smallest absolute Gasteiger partial charge is 0.341 e. The van der Waals surface area contributed by atoms with E-state index in [-0.39, 0.29) is 42.6 Å². The van der Waals surface area contributed by atoms with Crippen LogP contribution in [-0.2, 0) is 23.9 Å². The Balaban J connectivity index is 1.35. The van der Waals surface area contributed by atoms with Gasteiger partial charge >= 0.3 is 5.97 Å². The van der Waals surface area contributed by atoms with Gasteiger partial charge in [-0.2, -0.15) is 0 Å². The van der Waals surface area contributed by atoms with E-state index in [1.807, 2.05) is 68.1 Å². The van der Waals surface area contributed by atoms with Crippen LogP contribution < -0.4 is 15.5 Å². The number of fused-ring (bicyclic) bond motifs is 1. The lowest BCUT2D eigenvalue weighted by atomic mass is 9.45. The maximum Gasteiger partial charge on any atom is 0.341 e. The summed E-state index contributed by atoms with van der Waals surface area (Å²) in [7, 11) is 3.95. The second-order valence-corrected chi connectivity index (χ2v) is 16.9. The van der Waals surface area contributed by atoms with Crippen molar-refractivity contribution in [1.29, 1.82) is 0 Å². The van der Waals surface area contributed by atoms with Gasteiger partial charge < -0.3 is 34.8 Å². The number of carbonyl (C=O) groups excluding carboxylic acids is 3. The van der Waals surface area contributed by atoms with E-state index >= 15 is 0 Å². The Morgan fingerprint density at radius 1 is 1.14 bits per heavy atom. The number of hydrogen-bond acceptors (Lipinski definition) is 12. The van der Waals surface area contributed by atoms with Crippen LogP contribution in [0.4, 0.5) is 5.69 Å². The second-order valence-electron chi connectivity index (χ2n) is 16.9. The molecule has 1 amide bonds. The summed E-state index contributed by atoms with van der Waals surface area (Å²) in [6.45, 7) is 14.8. The molecule has 2 aliphatic carbocycles. The minimum Gasteiger partial charge on any atom is -0.423 e. The Morgan fingerprint density at radius 2 is 1.86 bits per heavy atom. The molecule has 13 heteroatoms. The van der Waals surface area contributed by atoms with E-state index in [9.17, 15) is 24.6 Å². The summed E-state index contributed by atoms with van der Waals surface area (Å²) < 4.78 is 11.3. The van der Waals surface area contributed by atoms with E-state index < -0.39 is 41.0 Å². The highest BCUT2D eigenvalue weighted by atomic mass is 16.5. The van der Waals surface area contributed by atoms with Crippen LogP contribution in [0.25, 0.3) is 6.08 Å². The molecular weight excluding hydrogens is 713 g/mol. The highest BCUT2D eigenvalue weighted by Gasteiger charge is 2.60. The van der Waals surface area contributed by atoms with Crippen molar-refractivity contribution in [2.45, 2.75) is 90.1 Å². The Bertz CT molecular complexity index is 1780. The minimum absolute atomic E-state index is 0.0165. The summed E-state index contributed by atoms with van der Waals surface area (Å²) in [5, 5.41) is 29.4. The number of amidine groups is 1. The quantitative estimate of drug-likeness (QED) is 0.163. The van der Waals surface area contributed by atoms with Gasteiger partial charge in [0.05, 0.1) is 56.5 Å². The fourth-order valence-corrected chi connectivity index (χ4v) is 9.60. The fraction of sp³-hybridized carbons (Fsp3) is 0.605. The zero-order valence-electron chi connectivity index (χ0n) is 33.8. The molecule has 2 saturated carbocycles. The Kier molecular flexibility index (Phi) is 12.8. The molecule has 1 aromatic carbocycles. The van der Waals surface area contributed by atoms with Gasteiger partial charge in [0.25, 0.3) is 0 Å². The molecule has 3 fully saturated rings. The first-order chi connectivity index (χ1) is 26.6. The molecule has 304 valence electrons. The van der Waals surface area contributed by atoms with Crippen LogP contribution in [0.3, 0.4) is 0 Å². The van der Waals surface area contributed by atoms with Crippen molar-refractivity contribution in [3.05, 3.63) is 59.4 Å². The van der Waals surface area contributed by atoms with Crippen molar-refractivity contribution in [2.24, 2.45) is 32.7 Å². The lowest BCUT2D eigenvalue weighted by molar-refractivity contribution is -0.157. The van der Waals surface area contributed by atoms with Gasteiger partial charge in [0.2, 0.25) is 5.91 Å².